The fraction of sp³-hybridized carbons (Fsp3) is 0.455. The van der Waals surface area contributed by atoms with Crippen molar-refractivity contribution in [3.05, 3.63) is 32.8 Å². The second-order valence-corrected chi connectivity index (χ2v) is 4.94. The molecule has 0 aromatic heterocycles. The Bertz CT molecular complexity index is 369. The maximum atomic E-state index is 6.19. The van der Waals surface area contributed by atoms with E-state index >= 15 is 0 Å². The van der Waals surface area contributed by atoms with E-state index in [1.165, 1.54) is 0 Å². The molecular formula is C11H13Cl2N. The molecule has 2 N–H and O–H groups in total. The minimum Gasteiger partial charge on any atom is -0.321 e. The van der Waals surface area contributed by atoms with Crippen molar-refractivity contribution in [1.82, 2.24) is 0 Å². The standard InChI is InChI=1S/C11H13Cl2N/c1-6-8(12)5-9(13)7(2)10(6)11(14)3-4-11/h5H,3-4,14H2,1-2H3. The van der Waals surface area contributed by atoms with Crippen molar-refractivity contribution in [2.75, 3.05) is 0 Å². The third-order valence-electron chi connectivity index (χ3n) is 3.01. The fourth-order valence-electron chi connectivity index (χ4n) is 1.98. The minimum absolute atomic E-state index is 0.164. The van der Waals surface area contributed by atoms with Gasteiger partial charge in [0.25, 0.3) is 0 Å². The normalized spacial score (nSPS) is 18.4. The molecule has 1 aromatic rings. The molecule has 0 atom stereocenters. The largest absolute Gasteiger partial charge is 0.321 e. The Hall–Kier alpha value is -0.240. The molecule has 1 aliphatic rings. The number of hydrogen-bond acceptors (Lipinski definition) is 1. The zero-order valence-corrected chi connectivity index (χ0v) is 9.84. The zero-order chi connectivity index (χ0) is 10.5. The second-order valence-electron chi connectivity index (χ2n) is 4.12. The number of rotatable bonds is 1. The van der Waals surface area contributed by atoms with Gasteiger partial charge < -0.3 is 5.73 Å². The molecule has 0 bridgehead atoms. The minimum atomic E-state index is -0.164. The lowest BCUT2D eigenvalue weighted by molar-refractivity contribution is 0.726. The molecule has 3 heteroatoms. The van der Waals surface area contributed by atoms with Crippen molar-refractivity contribution >= 4 is 23.2 Å². The number of benzene rings is 1. The van der Waals surface area contributed by atoms with Crippen LogP contribution in [-0.4, -0.2) is 0 Å². The van der Waals surface area contributed by atoms with Gasteiger partial charge in [-0.25, -0.2) is 0 Å². The van der Waals surface area contributed by atoms with Crippen LogP contribution in [0.4, 0.5) is 0 Å². The molecule has 0 saturated heterocycles. The first kappa shape index (κ1) is 10.3. The molecule has 2 rings (SSSR count). The summed E-state index contributed by atoms with van der Waals surface area (Å²) in [5.74, 6) is 0. The highest BCUT2D eigenvalue weighted by molar-refractivity contribution is 6.35. The van der Waals surface area contributed by atoms with Gasteiger partial charge in [0, 0.05) is 15.6 Å². The van der Waals surface area contributed by atoms with Crippen molar-refractivity contribution in [1.29, 1.82) is 0 Å². The smallest absolute Gasteiger partial charge is 0.0453 e. The van der Waals surface area contributed by atoms with Gasteiger partial charge in [-0.3, -0.25) is 0 Å². The third kappa shape index (κ3) is 1.44. The van der Waals surface area contributed by atoms with E-state index in [2.05, 4.69) is 0 Å². The Morgan fingerprint density at radius 2 is 1.57 bits per heavy atom. The van der Waals surface area contributed by atoms with E-state index in [9.17, 15) is 0 Å². The van der Waals surface area contributed by atoms with Gasteiger partial charge in [0.2, 0.25) is 0 Å². The molecule has 0 spiro atoms. The number of halogens is 2. The van der Waals surface area contributed by atoms with Gasteiger partial charge in [0.1, 0.15) is 0 Å². The predicted octanol–water partition coefficient (Wildman–Crippen LogP) is 3.56. The van der Waals surface area contributed by atoms with E-state index in [1.807, 2.05) is 13.8 Å². The summed E-state index contributed by atoms with van der Waals surface area (Å²) >= 11 is 12.2. The molecule has 0 unspecified atom stereocenters. The van der Waals surface area contributed by atoms with E-state index in [0.717, 1.165) is 29.5 Å². The third-order valence-corrected chi connectivity index (χ3v) is 3.79. The Morgan fingerprint density at radius 3 is 1.93 bits per heavy atom. The van der Waals surface area contributed by atoms with Crippen molar-refractivity contribution < 1.29 is 0 Å². The molecule has 0 radical (unpaired) electrons. The first-order chi connectivity index (χ1) is 6.46. The summed E-state index contributed by atoms with van der Waals surface area (Å²) in [5, 5.41) is 1.43. The van der Waals surface area contributed by atoms with Crippen molar-refractivity contribution in [3.63, 3.8) is 0 Å². The average Bonchev–Trinajstić information content (AvgIpc) is 2.81. The lowest BCUT2D eigenvalue weighted by Gasteiger charge is -2.18. The predicted molar refractivity (Wildman–Crippen MR) is 61.0 cm³/mol. The Morgan fingerprint density at radius 1 is 1.14 bits per heavy atom. The van der Waals surface area contributed by atoms with Crippen LogP contribution >= 0.6 is 23.2 Å². The summed E-state index contributed by atoms with van der Waals surface area (Å²) in [5.41, 5.74) is 9.33. The highest BCUT2D eigenvalue weighted by Gasteiger charge is 2.42. The summed E-state index contributed by atoms with van der Waals surface area (Å²) in [6, 6.07) is 1.79. The lowest BCUT2D eigenvalue weighted by atomic mass is 9.95. The van der Waals surface area contributed by atoms with Crippen molar-refractivity contribution in [2.24, 2.45) is 5.73 Å². The maximum Gasteiger partial charge on any atom is 0.0453 e. The number of hydrogen-bond donors (Lipinski definition) is 1. The second kappa shape index (κ2) is 3.13. The van der Waals surface area contributed by atoms with Crippen LogP contribution in [0.1, 0.15) is 29.5 Å². The van der Waals surface area contributed by atoms with E-state index < -0.39 is 0 Å². The topological polar surface area (TPSA) is 26.0 Å². The quantitative estimate of drug-likeness (QED) is 0.784. The summed E-state index contributed by atoms with van der Waals surface area (Å²) in [6.07, 6.45) is 2.07. The van der Waals surface area contributed by atoms with Crippen LogP contribution in [0.3, 0.4) is 0 Å². The van der Waals surface area contributed by atoms with Crippen LogP contribution < -0.4 is 5.73 Å². The SMILES string of the molecule is Cc1c(Cl)cc(Cl)c(C)c1C1(N)CC1. The van der Waals surface area contributed by atoms with Gasteiger partial charge >= 0.3 is 0 Å². The van der Waals surface area contributed by atoms with E-state index in [0.29, 0.717) is 10.0 Å². The van der Waals surface area contributed by atoms with Gasteiger partial charge in [-0.05, 0) is 49.4 Å². The summed E-state index contributed by atoms with van der Waals surface area (Å²) in [4.78, 5) is 0. The first-order valence-corrected chi connectivity index (χ1v) is 5.46. The van der Waals surface area contributed by atoms with Gasteiger partial charge in [0.05, 0.1) is 0 Å². The maximum absolute atomic E-state index is 6.19. The van der Waals surface area contributed by atoms with Gasteiger partial charge in [-0.1, -0.05) is 23.2 Å². The van der Waals surface area contributed by atoms with Crippen molar-refractivity contribution in [3.8, 4) is 0 Å². The lowest BCUT2D eigenvalue weighted by Crippen LogP contribution is -2.21. The van der Waals surface area contributed by atoms with Crippen LogP contribution in [0.5, 0.6) is 0 Å². The molecule has 0 heterocycles. The molecular weight excluding hydrogens is 217 g/mol. The summed E-state index contributed by atoms with van der Waals surface area (Å²) in [6.45, 7) is 4.02. The molecule has 0 aliphatic heterocycles. The Labute approximate surface area is 94.2 Å². The molecule has 1 saturated carbocycles. The van der Waals surface area contributed by atoms with Crippen LogP contribution in [0.25, 0.3) is 0 Å². The zero-order valence-electron chi connectivity index (χ0n) is 8.32. The monoisotopic (exact) mass is 229 g/mol. The summed E-state index contributed by atoms with van der Waals surface area (Å²) in [7, 11) is 0. The molecule has 76 valence electrons. The van der Waals surface area contributed by atoms with Crippen LogP contribution in [0, 0.1) is 13.8 Å². The Balaban J connectivity index is 2.68. The molecule has 14 heavy (non-hydrogen) atoms. The first-order valence-electron chi connectivity index (χ1n) is 4.70. The molecule has 1 fully saturated rings. The fourth-order valence-corrected chi connectivity index (χ4v) is 2.44. The van der Waals surface area contributed by atoms with E-state index in [-0.39, 0.29) is 5.54 Å². The summed E-state index contributed by atoms with van der Waals surface area (Å²) < 4.78 is 0. The Kier molecular flexibility index (Phi) is 2.30. The average molecular weight is 230 g/mol. The van der Waals surface area contributed by atoms with Crippen LogP contribution in [0.2, 0.25) is 10.0 Å². The highest BCUT2D eigenvalue weighted by atomic mass is 35.5. The molecule has 1 aliphatic carbocycles. The highest BCUT2D eigenvalue weighted by Crippen LogP contribution is 2.48. The van der Waals surface area contributed by atoms with Gasteiger partial charge in [0.15, 0.2) is 0 Å². The number of nitrogens with two attached hydrogens (primary N) is 1. The van der Waals surface area contributed by atoms with Gasteiger partial charge in [-0.15, -0.1) is 0 Å². The van der Waals surface area contributed by atoms with E-state index in [1.54, 1.807) is 6.07 Å². The van der Waals surface area contributed by atoms with Crippen molar-refractivity contribution in [2.45, 2.75) is 32.2 Å². The molecule has 1 nitrogen and oxygen atoms in total. The van der Waals surface area contributed by atoms with Crippen LogP contribution in [-0.2, 0) is 5.54 Å². The van der Waals surface area contributed by atoms with E-state index in [4.69, 9.17) is 28.9 Å². The van der Waals surface area contributed by atoms with Gasteiger partial charge in [-0.2, -0.15) is 0 Å². The molecule has 0 amide bonds. The van der Waals surface area contributed by atoms with Crippen LogP contribution in [0.15, 0.2) is 6.07 Å². The molecule has 1 aromatic carbocycles.